The quantitative estimate of drug-likeness (QED) is 0.611. The fourth-order valence-electron chi connectivity index (χ4n) is 0.962. The van der Waals surface area contributed by atoms with E-state index in [4.69, 9.17) is 4.74 Å². The number of ether oxygens (including phenoxy) is 3. The van der Waals surface area contributed by atoms with Crippen LogP contribution in [0.15, 0.2) is 0 Å². The molecular formula is C9H16O5. The fourth-order valence-corrected chi connectivity index (χ4v) is 0.962. The molecule has 0 atom stereocenters. The Hall–Kier alpha value is -1.10. The standard InChI is InChI=1S/C9H16O5/c1-9(14-4,5-7(10)12-2)6-8(11)13-3/h5-6H2,1-4H3. The summed E-state index contributed by atoms with van der Waals surface area (Å²) < 4.78 is 14.1. The van der Waals surface area contributed by atoms with E-state index in [0.717, 1.165) is 0 Å². The molecule has 0 N–H and O–H groups in total. The molecule has 0 saturated carbocycles. The third kappa shape index (κ3) is 4.23. The van der Waals surface area contributed by atoms with Crippen LogP contribution >= 0.6 is 0 Å². The van der Waals surface area contributed by atoms with Crippen LogP contribution in [0.3, 0.4) is 0 Å². The second kappa shape index (κ2) is 5.59. The Balaban J connectivity index is 4.31. The van der Waals surface area contributed by atoms with Crippen molar-refractivity contribution in [1.29, 1.82) is 0 Å². The number of hydrogen-bond donors (Lipinski definition) is 0. The average molecular weight is 204 g/mol. The van der Waals surface area contributed by atoms with Gasteiger partial charge in [-0.15, -0.1) is 0 Å². The van der Waals surface area contributed by atoms with E-state index < -0.39 is 17.5 Å². The molecular weight excluding hydrogens is 188 g/mol. The van der Waals surface area contributed by atoms with Gasteiger partial charge in [0.15, 0.2) is 0 Å². The summed E-state index contributed by atoms with van der Waals surface area (Å²) in [4.78, 5) is 22.0. The minimum Gasteiger partial charge on any atom is -0.469 e. The van der Waals surface area contributed by atoms with Crippen LogP contribution in [0.25, 0.3) is 0 Å². The number of rotatable bonds is 5. The van der Waals surface area contributed by atoms with Crippen LogP contribution in [0.5, 0.6) is 0 Å². The van der Waals surface area contributed by atoms with Gasteiger partial charge in [0.1, 0.15) is 0 Å². The molecule has 0 aliphatic heterocycles. The van der Waals surface area contributed by atoms with Crippen molar-refractivity contribution in [2.45, 2.75) is 25.4 Å². The molecule has 0 amide bonds. The minimum atomic E-state index is -0.861. The largest absolute Gasteiger partial charge is 0.469 e. The molecule has 0 aliphatic rings. The van der Waals surface area contributed by atoms with Gasteiger partial charge in [-0.2, -0.15) is 0 Å². The molecule has 0 aromatic heterocycles. The highest BCUT2D eigenvalue weighted by Crippen LogP contribution is 2.20. The Kier molecular flexibility index (Phi) is 5.15. The molecule has 0 aliphatic carbocycles. The van der Waals surface area contributed by atoms with Crippen LogP contribution in [0, 0.1) is 0 Å². The van der Waals surface area contributed by atoms with Gasteiger partial charge >= 0.3 is 11.9 Å². The molecule has 0 fully saturated rings. The van der Waals surface area contributed by atoms with E-state index >= 15 is 0 Å². The van der Waals surface area contributed by atoms with Crippen molar-refractivity contribution >= 4 is 11.9 Å². The zero-order valence-corrected chi connectivity index (χ0v) is 8.96. The molecule has 0 rings (SSSR count). The molecule has 0 aromatic rings. The summed E-state index contributed by atoms with van der Waals surface area (Å²) in [5.74, 6) is -0.837. The van der Waals surface area contributed by atoms with E-state index in [2.05, 4.69) is 9.47 Å². The lowest BCUT2D eigenvalue weighted by atomic mass is 9.98. The number of hydrogen-bond acceptors (Lipinski definition) is 5. The fraction of sp³-hybridized carbons (Fsp3) is 0.778. The lowest BCUT2D eigenvalue weighted by Crippen LogP contribution is -2.34. The summed E-state index contributed by atoms with van der Waals surface area (Å²) >= 11 is 0. The van der Waals surface area contributed by atoms with E-state index in [1.54, 1.807) is 6.92 Å². The lowest BCUT2D eigenvalue weighted by molar-refractivity contribution is -0.153. The van der Waals surface area contributed by atoms with Crippen molar-refractivity contribution in [2.24, 2.45) is 0 Å². The van der Waals surface area contributed by atoms with Crippen LogP contribution in [-0.4, -0.2) is 38.9 Å². The first kappa shape index (κ1) is 12.9. The first-order valence-electron chi connectivity index (χ1n) is 4.16. The van der Waals surface area contributed by atoms with Crippen LogP contribution < -0.4 is 0 Å². The second-order valence-electron chi connectivity index (χ2n) is 3.16. The zero-order chi connectivity index (χ0) is 11.2. The highest BCUT2D eigenvalue weighted by molar-refractivity contribution is 5.74. The van der Waals surface area contributed by atoms with Crippen LogP contribution in [0.2, 0.25) is 0 Å². The van der Waals surface area contributed by atoms with Gasteiger partial charge in [-0.25, -0.2) is 0 Å². The van der Waals surface area contributed by atoms with Gasteiger partial charge in [0, 0.05) is 7.11 Å². The Labute approximate surface area is 83.3 Å². The summed E-state index contributed by atoms with van der Waals surface area (Å²) in [7, 11) is 4.01. The Morgan fingerprint density at radius 1 is 1.00 bits per heavy atom. The Morgan fingerprint density at radius 2 is 1.36 bits per heavy atom. The van der Waals surface area contributed by atoms with E-state index in [1.807, 2.05) is 0 Å². The molecule has 0 radical (unpaired) electrons. The van der Waals surface area contributed by atoms with Crippen molar-refractivity contribution in [1.82, 2.24) is 0 Å². The zero-order valence-electron chi connectivity index (χ0n) is 8.96. The second-order valence-corrected chi connectivity index (χ2v) is 3.16. The van der Waals surface area contributed by atoms with Gasteiger partial charge in [0.05, 0.1) is 32.7 Å². The lowest BCUT2D eigenvalue weighted by Gasteiger charge is -2.25. The van der Waals surface area contributed by atoms with Crippen LogP contribution in [0.1, 0.15) is 19.8 Å². The molecule has 0 aromatic carbocycles. The van der Waals surface area contributed by atoms with Crippen LogP contribution in [0.4, 0.5) is 0 Å². The molecule has 5 heteroatoms. The monoisotopic (exact) mass is 204 g/mol. The van der Waals surface area contributed by atoms with Crippen molar-refractivity contribution in [3.8, 4) is 0 Å². The van der Waals surface area contributed by atoms with Crippen molar-refractivity contribution < 1.29 is 23.8 Å². The van der Waals surface area contributed by atoms with Gasteiger partial charge < -0.3 is 14.2 Å². The maximum Gasteiger partial charge on any atom is 0.308 e. The highest BCUT2D eigenvalue weighted by atomic mass is 16.5. The normalized spacial score (nSPS) is 10.9. The third-order valence-electron chi connectivity index (χ3n) is 1.98. The topological polar surface area (TPSA) is 61.8 Å². The van der Waals surface area contributed by atoms with Gasteiger partial charge in [0.25, 0.3) is 0 Å². The Bertz CT molecular complexity index is 193. The van der Waals surface area contributed by atoms with Crippen molar-refractivity contribution in [2.75, 3.05) is 21.3 Å². The summed E-state index contributed by atoms with van der Waals surface area (Å²) in [6.45, 7) is 1.65. The van der Waals surface area contributed by atoms with Gasteiger partial charge in [0.2, 0.25) is 0 Å². The van der Waals surface area contributed by atoms with E-state index in [1.165, 1.54) is 21.3 Å². The number of carbonyl (C=O) groups excluding carboxylic acids is 2. The van der Waals surface area contributed by atoms with E-state index in [0.29, 0.717) is 0 Å². The number of methoxy groups -OCH3 is 3. The van der Waals surface area contributed by atoms with Gasteiger partial charge in [-0.1, -0.05) is 0 Å². The molecule has 82 valence electrons. The predicted octanol–water partition coefficient (Wildman–Crippen LogP) is 0.518. The first-order valence-corrected chi connectivity index (χ1v) is 4.16. The smallest absolute Gasteiger partial charge is 0.308 e. The highest BCUT2D eigenvalue weighted by Gasteiger charge is 2.31. The summed E-state index contributed by atoms with van der Waals surface area (Å²) in [6, 6.07) is 0. The molecule has 5 nitrogen and oxygen atoms in total. The molecule has 0 saturated heterocycles. The Morgan fingerprint density at radius 3 is 1.57 bits per heavy atom. The van der Waals surface area contributed by atoms with Gasteiger partial charge in [-0.3, -0.25) is 9.59 Å². The first-order chi connectivity index (χ1) is 6.47. The average Bonchev–Trinajstić information content (AvgIpc) is 2.17. The van der Waals surface area contributed by atoms with E-state index in [-0.39, 0.29) is 12.8 Å². The van der Waals surface area contributed by atoms with Crippen LogP contribution in [-0.2, 0) is 23.8 Å². The molecule has 0 unspecified atom stereocenters. The molecule has 0 bridgehead atoms. The summed E-state index contributed by atoms with van der Waals surface area (Å²) in [5, 5.41) is 0. The summed E-state index contributed by atoms with van der Waals surface area (Å²) in [6.07, 6.45) is 0.0458. The SMILES string of the molecule is COC(=O)CC(C)(CC(=O)OC)OC. The molecule has 14 heavy (non-hydrogen) atoms. The minimum absolute atomic E-state index is 0.0229. The number of esters is 2. The number of carbonyl (C=O) groups is 2. The van der Waals surface area contributed by atoms with Gasteiger partial charge in [-0.05, 0) is 6.92 Å². The van der Waals surface area contributed by atoms with Crippen molar-refractivity contribution in [3.63, 3.8) is 0 Å². The van der Waals surface area contributed by atoms with E-state index in [9.17, 15) is 9.59 Å². The third-order valence-corrected chi connectivity index (χ3v) is 1.98. The molecule has 0 spiro atoms. The maximum atomic E-state index is 11.0. The van der Waals surface area contributed by atoms with Crippen molar-refractivity contribution in [3.05, 3.63) is 0 Å². The predicted molar refractivity (Wildman–Crippen MR) is 48.7 cm³/mol. The summed E-state index contributed by atoms with van der Waals surface area (Å²) in [5.41, 5.74) is -0.861. The maximum absolute atomic E-state index is 11.0. The molecule has 0 heterocycles.